The molecule has 0 spiro atoms. The first-order valence-electron chi connectivity index (χ1n) is 7.06. The summed E-state index contributed by atoms with van der Waals surface area (Å²) in [4.78, 5) is 11.3. The molecule has 6 nitrogen and oxygen atoms in total. The van der Waals surface area contributed by atoms with Crippen LogP contribution in [0.5, 0.6) is 0 Å². The molecule has 1 fully saturated rings. The molecule has 1 aliphatic rings. The molecule has 0 aromatic carbocycles. The first-order valence-corrected chi connectivity index (χ1v) is 7.06. The van der Waals surface area contributed by atoms with E-state index >= 15 is 0 Å². The maximum Gasteiger partial charge on any atom is 0.226 e. The van der Waals surface area contributed by atoms with Crippen molar-refractivity contribution in [2.24, 2.45) is 12.8 Å². The lowest BCUT2D eigenvalue weighted by Gasteiger charge is -2.35. The van der Waals surface area contributed by atoms with Gasteiger partial charge < -0.3 is 10.6 Å². The van der Waals surface area contributed by atoms with Gasteiger partial charge in [0.25, 0.3) is 0 Å². The lowest BCUT2D eigenvalue weighted by molar-refractivity contribution is 0.458. The maximum absolute atomic E-state index is 5.87. The number of aryl methyl sites for hydroxylation is 1. The first-order chi connectivity index (χ1) is 9.78. The molecule has 2 N–H and O–H groups in total. The van der Waals surface area contributed by atoms with Crippen molar-refractivity contribution in [1.82, 2.24) is 19.7 Å². The Morgan fingerprint density at radius 2 is 2.30 bits per heavy atom. The number of hydrogen-bond donors (Lipinski definition) is 1. The van der Waals surface area contributed by atoms with Crippen LogP contribution in [0.25, 0.3) is 11.3 Å². The van der Waals surface area contributed by atoms with Gasteiger partial charge in [0, 0.05) is 44.1 Å². The largest absolute Gasteiger partial charge is 0.337 e. The molecule has 1 unspecified atom stereocenters. The summed E-state index contributed by atoms with van der Waals surface area (Å²) in [7, 11) is 1.90. The Morgan fingerprint density at radius 3 is 3.05 bits per heavy atom. The zero-order valence-corrected chi connectivity index (χ0v) is 11.7. The molecular formula is C14H20N6. The van der Waals surface area contributed by atoms with Crippen molar-refractivity contribution in [2.75, 3.05) is 18.0 Å². The Hall–Kier alpha value is -1.95. The second-order valence-corrected chi connectivity index (χ2v) is 5.22. The molecule has 0 aliphatic carbocycles. The molecule has 0 saturated carbocycles. The molecule has 0 radical (unpaired) electrons. The van der Waals surface area contributed by atoms with Crippen molar-refractivity contribution in [1.29, 1.82) is 0 Å². The molecule has 1 saturated heterocycles. The van der Waals surface area contributed by atoms with E-state index in [4.69, 9.17) is 5.73 Å². The first kappa shape index (κ1) is 13.1. The molecule has 6 heteroatoms. The molecule has 106 valence electrons. The summed E-state index contributed by atoms with van der Waals surface area (Å²) in [6.45, 7) is 1.64. The zero-order valence-electron chi connectivity index (χ0n) is 11.7. The van der Waals surface area contributed by atoms with Crippen LogP contribution in [0.1, 0.15) is 19.3 Å². The molecule has 1 atom stereocenters. The molecule has 0 bridgehead atoms. The summed E-state index contributed by atoms with van der Waals surface area (Å²) in [6.07, 6.45) is 9.13. The third-order valence-corrected chi connectivity index (χ3v) is 3.80. The Balaban J connectivity index is 1.90. The van der Waals surface area contributed by atoms with Crippen LogP contribution >= 0.6 is 0 Å². The van der Waals surface area contributed by atoms with Crippen LogP contribution in [0, 0.1) is 0 Å². The second-order valence-electron chi connectivity index (χ2n) is 5.22. The number of aromatic nitrogens is 4. The van der Waals surface area contributed by atoms with Gasteiger partial charge in [0.15, 0.2) is 0 Å². The second kappa shape index (κ2) is 5.58. The van der Waals surface area contributed by atoms with Gasteiger partial charge in [-0.1, -0.05) is 0 Å². The summed E-state index contributed by atoms with van der Waals surface area (Å²) in [5, 5.41) is 4.19. The van der Waals surface area contributed by atoms with Crippen LogP contribution in [0.2, 0.25) is 0 Å². The van der Waals surface area contributed by atoms with E-state index in [1.54, 1.807) is 4.68 Å². The van der Waals surface area contributed by atoms with E-state index in [-0.39, 0.29) is 0 Å². The summed E-state index contributed by atoms with van der Waals surface area (Å²) in [6, 6.07) is 2.27. The fraction of sp³-hybridized carbons (Fsp3) is 0.500. The highest BCUT2D eigenvalue weighted by Gasteiger charge is 2.23. The highest BCUT2D eigenvalue weighted by Crippen LogP contribution is 2.23. The van der Waals surface area contributed by atoms with Crippen molar-refractivity contribution in [3.63, 3.8) is 0 Å². The summed E-state index contributed by atoms with van der Waals surface area (Å²) in [5.41, 5.74) is 7.79. The van der Waals surface area contributed by atoms with E-state index in [2.05, 4.69) is 20.0 Å². The van der Waals surface area contributed by atoms with Crippen LogP contribution in [-0.2, 0) is 7.05 Å². The minimum Gasteiger partial charge on any atom is -0.337 e. The molecule has 1 aliphatic heterocycles. The highest BCUT2D eigenvalue weighted by molar-refractivity contribution is 5.58. The van der Waals surface area contributed by atoms with Gasteiger partial charge in [0.2, 0.25) is 5.95 Å². The third-order valence-electron chi connectivity index (χ3n) is 3.80. The van der Waals surface area contributed by atoms with E-state index in [0.29, 0.717) is 12.6 Å². The number of anilines is 1. The number of nitrogens with two attached hydrogens (primary N) is 1. The number of rotatable bonds is 3. The molecule has 2 aromatic rings. The predicted octanol–water partition coefficient (Wildman–Crippen LogP) is 1.19. The molecule has 0 amide bonds. The normalized spacial score (nSPS) is 19.3. The van der Waals surface area contributed by atoms with Gasteiger partial charge in [-0.2, -0.15) is 5.10 Å². The monoisotopic (exact) mass is 272 g/mol. The van der Waals surface area contributed by atoms with E-state index < -0.39 is 0 Å². The van der Waals surface area contributed by atoms with E-state index in [1.807, 2.05) is 31.7 Å². The Labute approximate surface area is 118 Å². The highest BCUT2D eigenvalue weighted by atomic mass is 15.3. The Morgan fingerprint density at radius 1 is 1.40 bits per heavy atom. The minimum atomic E-state index is 0.355. The van der Waals surface area contributed by atoms with Crippen LogP contribution in [0.15, 0.2) is 24.7 Å². The van der Waals surface area contributed by atoms with E-state index in [9.17, 15) is 0 Å². The average molecular weight is 272 g/mol. The summed E-state index contributed by atoms with van der Waals surface area (Å²) < 4.78 is 1.78. The topological polar surface area (TPSA) is 72.9 Å². The van der Waals surface area contributed by atoms with Crippen molar-refractivity contribution in [2.45, 2.75) is 25.3 Å². The summed E-state index contributed by atoms with van der Waals surface area (Å²) in [5.74, 6) is 0.779. The van der Waals surface area contributed by atoms with Gasteiger partial charge in [-0.15, -0.1) is 0 Å². The van der Waals surface area contributed by atoms with E-state index in [1.165, 1.54) is 12.8 Å². The third kappa shape index (κ3) is 2.51. The van der Waals surface area contributed by atoms with Crippen molar-refractivity contribution in [3.05, 3.63) is 24.7 Å². The lowest BCUT2D eigenvalue weighted by Crippen LogP contribution is -2.45. The fourth-order valence-corrected chi connectivity index (χ4v) is 2.71. The van der Waals surface area contributed by atoms with Gasteiger partial charge in [0.05, 0.1) is 11.9 Å². The summed E-state index contributed by atoms with van der Waals surface area (Å²) >= 11 is 0. The SMILES string of the molecule is Cn1cc(-c2ccnc(N3CCCCC3CN)n2)cn1. The van der Waals surface area contributed by atoms with E-state index in [0.717, 1.165) is 30.2 Å². The average Bonchev–Trinajstić information content (AvgIpc) is 2.94. The molecule has 20 heavy (non-hydrogen) atoms. The molecule has 2 aromatic heterocycles. The van der Waals surface area contributed by atoms with Crippen molar-refractivity contribution in [3.8, 4) is 11.3 Å². The lowest BCUT2D eigenvalue weighted by atomic mass is 10.0. The number of nitrogens with zero attached hydrogens (tertiary/aromatic N) is 5. The van der Waals surface area contributed by atoms with Gasteiger partial charge in [0.1, 0.15) is 0 Å². The van der Waals surface area contributed by atoms with Crippen molar-refractivity contribution >= 4 is 5.95 Å². The van der Waals surface area contributed by atoms with Gasteiger partial charge in [-0.3, -0.25) is 4.68 Å². The molecule has 3 heterocycles. The van der Waals surface area contributed by atoms with Gasteiger partial charge >= 0.3 is 0 Å². The Bertz CT molecular complexity index is 579. The standard InChI is InChI=1S/C14H20N6/c1-19-10-11(9-17-19)13-5-6-16-14(18-13)20-7-3-2-4-12(20)8-15/h5-6,9-10,12H,2-4,7-8,15H2,1H3. The van der Waals surface area contributed by atoms with Crippen molar-refractivity contribution < 1.29 is 0 Å². The maximum atomic E-state index is 5.87. The number of piperidine rings is 1. The molecule has 3 rings (SSSR count). The number of hydrogen-bond acceptors (Lipinski definition) is 5. The van der Waals surface area contributed by atoms with Crippen LogP contribution < -0.4 is 10.6 Å². The predicted molar refractivity (Wildman–Crippen MR) is 78.3 cm³/mol. The van der Waals surface area contributed by atoms with Gasteiger partial charge in [-0.25, -0.2) is 9.97 Å². The minimum absolute atomic E-state index is 0.355. The van der Waals surface area contributed by atoms with Gasteiger partial charge in [-0.05, 0) is 25.3 Å². The van der Waals surface area contributed by atoms with Crippen LogP contribution in [0.4, 0.5) is 5.95 Å². The van der Waals surface area contributed by atoms with Crippen LogP contribution in [-0.4, -0.2) is 38.9 Å². The fourth-order valence-electron chi connectivity index (χ4n) is 2.71. The zero-order chi connectivity index (χ0) is 13.9. The van der Waals surface area contributed by atoms with Crippen LogP contribution in [0.3, 0.4) is 0 Å². The molecular weight excluding hydrogens is 252 g/mol. The smallest absolute Gasteiger partial charge is 0.226 e. The quantitative estimate of drug-likeness (QED) is 0.908. The Kier molecular flexibility index (Phi) is 3.64.